The van der Waals surface area contributed by atoms with Crippen molar-refractivity contribution in [1.29, 1.82) is 0 Å². The third-order valence-corrected chi connectivity index (χ3v) is 2.88. The lowest BCUT2D eigenvalue weighted by Gasteiger charge is -2.27. The molecular weight excluding hydrogens is 270 g/mol. The highest BCUT2D eigenvalue weighted by Crippen LogP contribution is 2.23. The highest BCUT2D eigenvalue weighted by Gasteiger charge is 2.39. The van der Waals surface area contributed by atoms with Crippen molar-refractivity contribution in [2.45, 2.75) is 32.2 Å². The molecule has 0 unspecified atom stereocenters. The van der Waals surface area contributed by atoms with E-state index in [2.05, 4.69) is 16.4 Å². The Labute approximate surface area is 115 Å². The molecule has 0 bridgehead atoms. The molecule has 1 aliphatic heterocycles. The lowest BCUT2D eigenvalue weighted by atomic mass is 10.1. The fraction of sp³-hybridized carbons (Fsp3) is 0.500. The molecule has 6 heteroatoms. The number of aryl methyl sites for hydroxylation is 1. The zero-order valence-electron chi connectivity index (χ0n) is 11.1. The number of esters is 1. The Hall–Kier alpha value is -1.53. The van der Waals surface area contributed by atoms with E-state index in [1.165, 1.54) is 0 Å². The van der Waals surface area contributed by atoms with Gasteiger partial charge in [-0.1, -0.05) is 25.5 Å². The van der Waals surface area contributed by atoms with Gasteiger partial charge in [-0.15, -0.1) is 8.78 Å². The van der Waals surface area contributed by atoms with Crippen LogP contribution in [-0.2, 0) is 20.6 Å². The highest BCUT2D eigenvalue weighted by molar-refractivity contribution is 5.89. The number of benzene rings is 1. The maximum absolute atomic E-state index is 12.6. The van der Waals surface area contributed by atoms with E-state index in [0.29, 0.717) is 5.56 Å². The molecule has 0 amide bonds. The zero-order chi connectivity index (χ0) is 14.6. The van der Waals surface area contributed by atoms with Crippen LogP contribution in [0.15, 0.2) is 24.3 Å². The Morgan fingerprint density at radius 3 is 2.45 bits per heavy atom. The molecule has 2 rings (SSSR count). The molecule has 1 aromatic rings. The molecule has 1 aliphatic rings. The van der Waals surface area contributed by atoms with Crippen molar-refractivity contribution in [3.05, 3.63) is 35.4 Å². The number of rotatable bonds is 4. The summed E-state index contributed by atoms with van der Waals surface area (Å²) in [4.78, 5) is 11.8. The van der Waals surface area contributed by atoms with E-state index in [0.717, 1.165) is 18.4 Å². The molecule has 1 fully saturated rings. The van der Waals surface area contributed by atoms with E-state index >= 15 is 0 Å². The van der Waals surface area contributed by atoms with E-state index in [9.17, 15) is 13.6 Å². The summed E-state index contributed by atoms with van der Waals surface area (Å²) >= 11 is 0. The second-order valence-electron chi connectivity index (χ2n) is 4.56. The van der Waals surface area contributed by atoms with Crippen molar-refractivity contribution in [1.82, 2.24) is 0 Å². The van der Waals surface area contributed by atoms with E-state index < -0.39 is 18.4 Å². The van der Waals surface area contributed by atoms with Crippen LogP contribution < -0.4 is 0 Å². The molecule has 1 aromatic carbocycles. The zero-order valence-corrected chi connectivity index (χ0v) is 11.1. The number of halogens is 2. The van der Waals surface area contributed by atoms with Crippen molar-refractivity contribution < 1.29 is 27.8 Å². The fourth-order valence-corrected chi connectivity index (χ4v) is 1.85. The minimum absolute atomic E-state index is 0.377. The monoisotopic (exact) mass is 286 g/mol. The van der Waals surface area contributed by atoms with Gasteiger partial charge in [0.2, 0.25) is 0 Å². The molecule has 20 heavy (non-hydrogen) atoms. The molecular formula is C14H16F2O4. The predicted octanol–water partition coefficient (Wildman–Crippen LogP) is 2.76. The van der Waals surface area contributed by atoms with Crippen LogP contribution in [0, 0.1) is 0 Å². The minimum atomic E-state index is -3.59. The summed E-state index contributed by atoms with van der Waals surface area (Å²) in [6, 6.07) is 7.02. The average Bonchev–Trinajstić information content (AvgIpc) is 2.42. The summed E-state index contributed by atoms with van der Waals surface area (Å²) in [6.45, 7) is 1.31. The third kappa shape index (κ3) is 3.98. The summed E-state index contributed by atoms with van der Waals surface area (Å²) in [5, 5.41) is 0. The fourth-order valence-electron chi connectivity index (χ4n) is 1.85. The van der Waals surface area contributed by atoms with Gasteiger partial charge in [-0.05, 0) is 24.1 Å². The summed E-state index contributed by atoms with van der Waals surface area (Å²) in [5.41, 5.74) is 1.51. The molecule has 0 atom stereocenters. The van der Waals surface area contributed by atoms with Crippen LogP contribution in [-0.4, -0.2) is 31.6 Å². The average molecular weight is 286 g/mol. The van der Waals surface area contributed by atoms with Crippen molar-refractivity contribution in [2.24, 2.45) is 0 Å². The van der Waals surface area contributed by atoms with Gasteiger partial charge in [-0.3, -0.25) is 9.47 Å². The van der Waals surface area contributed by atoms with Gasteiger partial charge in [0.25, 0.3) is 0 Å². The Balaban J connectivity index is 1.88. The maximum Gasteiger partial charge on any atom is 0.485 e. The van der Waals surface area contributed by atoms with E-state index in [-0.39, 0.29) is 13.2 Å². The smallest absolute Gasteiger partial charge is 0.454 e. The summed E-state index contributed by atoms with van der Waals surface area (Å²) in [7, 11) is 0. The maximum atomic E-state index is 12.6. The molecule has 0 aliphatic carbocycles. The minimum Gasteiger partial charge on any atom is -0.454 e. The van der Waals surface area contributed by atoms with Crippen molar-refractivity contribution in [2.75, 3.05) is 13.2 Å². The van der Waals surface area contributed by atoms with Crippen LogP contribution in [0.3, 0.4) is 0 Å². The van der Waals surface area contributed by atoms with Crippen LogP contribution in [0.2, 0.25) is 0 Å². The summed E-state index contributed by atoms with van der Waals surface area (Å²) in [6.07, 6.45) is -2.45. The van der Waals surface area contributed by atoms with Crippen LogP contribution in [0.25, 0.3) is 0 Å². The molecule has 1 saturated heterocycles. The van der Waals surface area contributed by atoms with E-state index in [1.54, 1.807) is 12.1 Å². The van der Waals surface area contributed by atoms with Crippen LogP contribution >= 0.6 is 0 Å². The van der Waals surface area contributed by atoms with Gasteiger partial charge in [-0.25, -0.2) is 4.79 Å². The molecule has 0 spiro atoms. The van der Waals surface area contributed by atoms with Crippen LogP contribution in [0.4, 0.5) is 8.78 Å². The summed E-state index contributed by atoms with van der Waals surface area (Å²) in [5.74, 6) is -0.574. The molecule has 110 valence electrons. The number of alkyl halides is 2. The first-order valence-electron chi connectivity index (χ1n) is 6.46. The number of hydrogen-bond acceptors (Lipinski definition) is 4. The quantitative estimate of drug-likeness (QED) is 0.798. The molecule has 0 aromatic heterocycles. The van der Waals surface area contributed by atoms with Crippen LogP contribution in [0.1, 0.15) is 29.3 Å². The SMILES string of the molecule is CCCc1ccc(C(=O)OC2COC(F)(F)OC2)cc1. The number of ether oxygens (including phenoxy) is 3. The Kier molecular flexibility index (Phi) is 4.67. The predicted molar refractivity (Wildman–Crippen MR) is 66.5 cm³/mol. The first-order chi connectivity index (χ1) is 9.50. The van der Waals surface area contributed by atoms with Gasteiger partial charge in [0.15, 0.2) is 0 Å². The third-order valence-electron chi connectivity index (χ3n) is 2.88. The number of carbonyl (C=O) groups is 1. The number of carbonyl (C=O) groups excluding carboxylic acids is 1. The van der Waals surface area contributed by atoms with Gasteiger partial charge in [0.05, 0.1) is 18.8 Å². The first kappa shape index (κ1) is 14.9. The Morgan fingerprint density at radius 2 is 1.90 bits per heavy atom. The van der Waals surface area contributed by atoms with Gasteiger partial charge in [-0.2, -0.15) is 0 Å². The number of hydrogen-bond donors (Lipinski definition) is 0. The van der Waals surface area contributed by atoms with Crippen molar-refractivity contribution in [3.8, 4) is 0 Å². The second-order valence-corrected chi connectivity index (χ2v) is 4.56. The molecule has 1 heterocycles. The van der Waals surface area contributed by atoms with Gasteiger partial charge >= 0.3 is 12.3 Å². The topological polar surface area (TPSA) is 44.8 Å². The highest BCUT2D eigenvalue weighted by atomic mass is 19.3. The lowest BCUT2D eigenvalue weighted by molar-refractivity contribution is -0.423. The van der Waals surface area contributed by atoms with Gasteiger partial charge < -0.3 is 4.74 Å². The van der Waals surface area contributed by atoms with E-state index in [4.69, 9.17) is 4.74 Å². The van der Waals surface area contributed by atoms with Crippen molar-refractivity contribution in [3.63, 3.8) is 0 Å². The molecule has 0 N–H and O–H groups in total. The largest absolute Gasteiger partial charge is 0.485 e. The van der Waals surface area contributed by atoms with Gasteiger partial charge in [0, 0.05) is 0 Å². The first-order valence-corrected chi connectivity index (χ1v) is 6.46. The summed E-state index contributed by atoms with van der Waals surface area (Å²) < 4.78 is 38.5. The standard InChI is InChI=1S/C14H16F2O4/c1-2-3-10-4-6-11(7-5-10)13(17)20-12-8-18-14(15,16)19-9-12/h4-7,12H,2-3,8-9H2,1H3. The normalized spacial score (nSPS) is 18.8. The van der Waals surface area contributed by atoms with E-state index in [1.807, 2.05) is 12.1 Å². The Morgan fingerprint density at radius 1 is 1.30 bits per heavy atom. The second kappa shape index (κ2) is 6.28. The van der Waals surface area contributed by atoms with Gasteiger partial charge in [0.1, 0.15) is 6.10 Å². The van der Waals surface area contributed by atoms with Crippen LogP contribution in [0.5, 0.6) is 0 Å². The molecule has 4 nitrogen and oxygen atoms in total. The Bertz CT molecular complexity index is 449. The molecule has 0 saturated carbocycles. The van der Waals surface area contributed by atoms with Crippen molar-refractivity contribution >= 4 is 5.97 Å². The lowest BCUT2D eigenvalue weighted by Crippen LogP contribution is -2.42. The molecule has 0 radical (unpaired) electrons.